The van der Waals surface area contributed by atoms with Crippen LogP contribution in [-0.4, -0.2) is 44.0 Å². The summed E-state index contributed by atoms with van der Waals surface area (Å²) in [7, 11) is 0. The lowest BCUT2D eigenvalue weighted by Gasteiger charge is -2.57. The van der Waals surface area contributed by atoms with E-state index in [1.54, 1.807) is 0 Å². The van der Waals surface area contributed by atoms with Crippen LogP contribution >= 0.6 is 12.4 Å². The van der Waals surface area contributed by atoms with Crippen molar-refractivity contribution in [2.45, 2.75) is 58.6 Å². The van der Waals surface area contributed by atoms with Gasteiger partial charge in [-0.15, -0.1) is 12.4 Å². The zero-order valence-electron chi connectivity index (χ0n) is 18.0. The van der Waals surface area contributed by atoms with Gasteiger partial charge in [-0.25, -0.2) is 0 Å². The first-order chi connectivity index (χ1) is 13.3. The Morgan fingerprint density at radius 1 is 1.31 bits per heavy atom. The summed E-state index contributed by atoms with van der Waals surface area (Å²) in [5, 5.41) is 2.99. The summed E-state index contributed by atoms with van der Waals surface area (Å²) in [5.41, 5.74) is 6.88. The number of hydrogen-bond donors (Lipinski definition) is 2. The molecule has 0 aromatic heterocycles. The fourth-order valence-corrected chi connectivity index (χ4v) is 4.02. The highest BCUT2D eigenvalue weighted by atomic mass is 35.5. The Bertz CT molecular complexity index is 706. The molecule has 1 saturated carbocycles. The van der Waals surface area contributed by atoms with Gasteiger partial charge in [0.2, 0.25) is 5.91 Å². The van der Waals surface area contributed by atoms with Gasteiger partial charge < -0.3 is 25.3 Å². The number of amides is 1. The number of nitrogens with one attached hydrogen (secondary N) is 1. The Kier molecular flexibility index (Phi) is 7.96. The molecule has 1 aliphatic heterocycles. The molecule has 2 fully saturated rings. The topological polar surface area (TPSA) is 82.8 Å². The van der Waals surface area contributed by atoms with Crippen molar-refractivity contribution in [3.05, 3.63) is 23.8 Å². The second kappa shape index (κ2) is 9.65. The third-order valence-electron chi connectivity index (χ3n) is 6.50. The van der Waals surface area contributed by atoms with Gasteiger partial charge in [-0.05, 0) is 44.2 Å². The van der Waals surface area contributed by atoms with E-state index in [4.69, 9.17) is 19.9 Å². The van der Waals surface area contributed by atoms with Crippen molar-refractivity contribution in [2.75, 3.05) is 31.7 Å². The van der Waals surface area contributed by atoms with E-state index in [2.05, 4.69) is 5.32 Å². The molecule has 6 nitrogen and oxygen atoms in total. The minimum absolute atomic E-state index is 0. The van der Waals surface area contributed by atoms with Crippen molar-refractivity contribution in [2.24, 2.45) is 17.1 Å². The number of aryl methyl sites for hydroxylation is 1. The largest absolute Gasteiger partial charge is 0.493 e. The lowest BCUT2D eigenvalue weighted by Crippen LogP contribution is -2.74. The standard InChI is InChI=1S/C22H34N2O4.ClH/c1-5-27-19-13-22(23,21(19,3)4)20(25)24-17-7-6-15(2)18(12-17)28-14-16-8-10-26-11-9-16;/h6-7,12,16,19H,5,8-11,13-14,23H2,1-4H3,(H,24,25);1H. The predicted octanol–water partition coefficient (Wildman–Crippen LogP) is 3.69. The molecule has 164 valence electrons. The molecule has 1 aromatic rings. The van der Waals surface area contributed by atoms with Crippen LogP contribution < -0.4 is 15.8 Å². The SMILES string of the molecule is CCOC1CC(N)(C(=O)Nc2ccc(C)c(OCC3CCOCC3)c2)C1(C)C.Cl. The second-order valence-corrected chi connectivity index (χ2v) is 8.64. The molecular formula is C22H35ClN2O4. The number of hydrogen-bond acceptors (Lipinski definition) is 5. The van der Waals surface area contributed by atoms with Crippen LogP contribution in [0.15, 0.2) is 18.2 Å². The summed E-state index contributed by atoms with van der Waals surface area (Å²) in [5.74, 6) is 1.15. The Balaban J connectivity index is 0.00000300. The number of ether oxygens (including phenoxy) is 3. The van der Waals surface area contributed by atoms with Crippen molar-refractivity contribution < 1.29 is 19.0 Å². The van der Waals surface area contributed by atoms with E-state index in [1.165, 1.54) is 0 Å². The molecule has 1 aliphatic carbocycles. The average molecular weight is 427 g/mol. The molecule has 0 radical (unpaired) electrons. The molecule has 2 aliphatic rings. The zero-order valence-corrected chi connectivity index (χ0v) is 18.8. The monoisotopic (exact) mass is 426 g/mol. The van der Waals surface area contributed by atoms with Crippen LogP contribution in [0.25, 0.3) is 0 Å². The van der Waals surface area contributed by atoms with Crippen LogP contribution in [0.4, 0.5) is 5.69 Å². The first-order valence-electron chi connectivity index (χ1n) is 10.3. The summed E-state index contributed by atoms with van der Waals surface area (Å²) in [6, 6.07) is 5.75. The van der Waals surface area contributed by atoms with Crippen LogP contribution in [0.5, 0.6) is 5.75 Å². The number of carbonyl (C=O) groups is 1. The fraction of sp³-hybridized carbons (Fsp3) is 0.682. The number of nitrogens with two attached hydrogens (primary N) is 1. The summed E-state index contributed by atoms with van der Waals surface area (Å²) >= 11 is 0. The molecule has 29 heavy (non-hydrogen) atoms. The van der Waals surface area contributed by atoms with E-state index >= 15 is 0 Å². The first kappa shape index (κ1) is 23.9. The average Bonchev–Trinajstić information content (AvgIpc) is 2.68. The van der Waals surface area contributed by atoms with Gasteiger partial charge in [0.1, 0.15) is 11.3 Å². The van der Waals surface area contributed by atoms with Gasteiger partial charge in [-0.2, -0.15) is 0 Å². The van der Waals surface area contributed by atoms with E-state index in [9.17, 15) is 4.79 Å². The number of carbonyl (C=O) groups excluding carboxylic acids is 1. The summed E-state index contributed by atoms with van der Waals surface area (Å²) in [4.78, 5) is 12.9. The maximum Gasteiger partial charge on any atom is 0.245 e. The minimum Gasteiger partial charge on any atom is -0.493 e. The minimum atomic E-state index is -0.944. The van der Waals surface area contributed by atoms with Crippen molar-refractivity contribution in [3.8, 4) is 5.75 Å². The van der Waals surface area contributed by atoms with Crippen LogP contribution in [0.3, 0.4) is 0 Å². The molecule has 1 amide bonds. The fourth-order valence-electron chi connectivity index (χ4n) is 4.02. The Hall–Kier alpha value is -1.34. The third kappa shape index (κ3) is 4.88. The second-order valence-electron chi connectivity index (χ2n) is 8.64. The highest BCUT2D eigenvalue weighted by Crippen LogP contribution is 2.50. The van der Waals surface area contributed by atoms with E-state index < -0.39 is 11.0 Å². The normalized spacial score (nSPS) is 26.2. The van der Waals surface area contributed by atoms with Gasteiger partial charge in [0.15, 0.2) is 0 Å². The molecule has 0 spiro atoms. The number of rotatable bonds is 7. The highest BCUT2D eigenvalue weighted by molar-refractivity contribution is 6.00. The van der Waals surface area contributed by atoms with Crippen LogP contribution in [-0.2, 0) is 14.3 Å². The predicted molar refractivity (Wildman–Crippen MR) is 117 cm³/mol. The molecule has 3 rings (SSSR count). The van der Waals surface area contributed by atoms with Crippen LogP contribution in [0, 0.1) is 18.3 Å². The summed E-state index contributed by atoms with van der Waals surface area (Å²) in [6.07, 6.45) is 2.59. The van der Waals surface area contributed by atoms with Gasteiger partial charge in [0.25, 0.3) is 0 Å². The molecule has 0 bridgehead atoms. The Morgan fingerprint density at radius 2 is 2.00 bits per heavy atom. The molecule has 2 atom stereocenters. The first-order valence-corrected chi connectivity index (χ1v) is 10.3. The summed E-state index contributed by atoms with van der Waals surface area (Å²) < 4.78 is 17.2. The lowest BCUT2D eigenvalue weighted by atomic mass is 9.54. The van der Waals surface area contributed by atoms with E-state index in [1.807, 2.05) is 45.9 Å². The number of halogens is 1. The molecule has 1 aromatic carbocycles. The van der Waals surface area contributed by atoms with Crippen LogP contribution in [0.1, 0.15) is 45.6 Å². The van der Waals surface area contributed by atoms with Gasteiger partial charge in [-0.1, -0.05) is 19.9 Å². The molecule has 3 N–H and O–H groups in total. The third-order valence-corrected chi connectivity index (χ3v) is 6.50. The van der Waals surface area contributed by atoms with Gasteiger partial charge in [0.05, 0.1) is 12.7 Å². The zero-order chi connectivity index (χ0) is 20.4. The van der Waals surface area contributed by atoms with Crippen LogP contribution in [0.2, 0.25) is 0 Å². The van der Waals surface area contributed by atoms with E-state index in [0.717, 1.165) is 37.4 Å². The van der Waals surface area contributed by atoms with E-state index in [0.29, 0.717) is 31.2 Å². The van der Waals surface area contributed by atoms with Gasteiger partial charge in [-0.3, -0.25) is 4.79 Å². The van der Waals surface area contributed by atoms with Crippen molar-refractivity contribution in [3.63, 3.8) is 0 Å². The Morgan fingerprint density at radius 3 is 2.62 bits per heavy atom. The van der Waals surface area contributed by atoms with E-state index in [-0.39, 0.29) is 24.4 Å². The van der Waals surface area contributed by atoms with Crippen molar-refractivity contribution in [1.82, 2.24) is 0 Å². The number of benzene rings is 1. The molecule has 1 saturated heterocycles. The van der Waals surface area contributed by atoms with Gasteiger partial charge >= 0.3 is 0 Å². The smallest absolute Gasteiger partial charge is 0.245 e. The van der Waals surface area contributed by atoms with Crippen molar-refractivity contribution >= 4 is 24.0 Å². The maximum absolute atomic E-state index is 12.9. The molecular weight excluding hydrogens is 392 g/mol. The molecule has 7 heteroatoms. The maximum atomic E-state index is 12.9. The van der Waals surface area contributed by atoms with Gasteiger partial charge in [0, 0.05) is 43.4 Å². The Labute approximate surface area is 180 Å². The highest BCUT2D eigenvalue weighted by Gasteiger charge is 2.62. The molecule has 1 heterocycles. The number of anilines is 1. The lowest BCUT2D eigenvalue weighted by molar-refractivity contribution is -0.166. The molecule has 2 unspecified atom stereocenters. The quantitative estimate of drug-likeness (QED) is 0.694. The van der Waals surface area contributed by atoms with Crippen molar-refractivity contribution in [1.29, 1.82) is 0 Å². The summed E-state index contributed by atoms with van der Waals surface area (Å²) in [6.45, 7) is 10.9.